The van der Waals surface area contributed by atoms with Crippen LogP contribution in [0, 0.1) is 0 Å². The van der Waals surface area contributed by atoms with E-state index < -0.39 is 5.54 Å². The van der Waals surface area contributed by atoms with Crippen LogP contribution < -0.4 is 0 Å². The summed E-state index contributed by atoms with van der Waals surface area (Å²) in [6.45, 7) is 3.16. The van der Waals surface area contributed by atoms with Crippen LogP contribution in [0.3, 0.4) is 0 Å². The number of carbonyl (C=O) groups excluding carboxylic acids is 2. The van der Waals surface area contributed by atoms with E-state index in [0.29, 0.717) is 32.5 Å². The molecule has 6 heteroatoms. The molecule has 2 aliphatic rings. The monoisotopic (exact) mass is 345 g/mol. The van der Waals surface area contributed by atoms with E-state index >= 15 is 0 Å². The van der Waals surface area contributed by atoms with Crippen LogP contribution >= 0.6 is 0 Å². The van der Waals surface area contributed by atoms with Crippen LogP contribution in [0.15, 0.2) is 30.3 Å². The molecule has 2 heterocycles. The fourth-order valence-corrected chi connectivity index (χ4v) is 3.84. The van der Waals surface area contributed by atoms with Gasteiger partial charge in [-0.15, -0.1) is 0 Å². The van der Waals surface area contributed by atoms with Gasteiger partial charge in [0, 0.05) is 33.4 Å². The second-order valence-corrected chi connectivity index (χ2v) is 6.99. The van der Waals surface area contributed by atoms with Gasteiger partial charge in [0.1, 0.15) is 5.54 Å². The Morgan fingerprint density at radius 2 is 1.80 bits per heavy atom. The summed E-state index contributed by atoms with van der Waals surface area (Å²) >= 11 is 0. The van der Waals surface area contributed by atoms with E-state index in [1.54, 1.807) is 7.11 Å². The minimum Gasteiger partial charge on any atom is -0.385 e. The van der Waals surface area contributed by atoms with Gasteiger partial charge in [-0.3, -0.25) is 9.69 Å². The van der Waals surface area contributed by atoms with Gasteiger partial charge in [-0.25, -0.2) is 4.79 Å². The first-order valence-electron chi connectivity index (χ1n) is 8.93. The minimum absolute atomic E-state index is 0.0353. The largest absolute Gasteiger partial charge is 0.385 e. The number of carbonyl (C=O) groups is 2. The molecule has 2 fully saturated rings. The molecule has 0 unspecified atom stereocenters. The highest BCUT2D eigenvalue weighted by Gasteiger charge is 2.57. The molecule has 0 aliphatic carbocycles. The number of hydrogen-bond acceptors (Lipinski definition) is 4. The lowest BCUT2D eigenvalue weighted by atomic mass is 9.86. The Hall–Kier alpha value is -1.92. The van der Waals surface area contributed by atoms with E-state index in [9.17, 15) is 9.59 Å². The van der Waals surface area contributed by atoms with Crippen molar-refractivity contribution >= 4 is 11.9 Å². The van der Waals surface area contributed by atoms with E-state index in [2.05, 4.69) is 11.9 Å². The number of urea groups is 1. The van der Waals surface area contributed by atoms with Gasteiger partial charge in [0.05, 0.1) is 6.54 Å². The van der Waals surface area contributed by atoms with E-state index in [1.807, 2.05) is 35.2 Å². The Morgan fingerprint density at radius 1 is 1.12 bits per heavy atom. The quantitative estimate of drug-likeness (QED) is 0.584. The number of rotatable bonds is 6. The highest BCUT2D eigenvalue weighted by atomic mass is 16.5. The molecule has 1 spiro atoms. The Bertz CT molecular complexity index is 612. The lowest BCUT2D eigenvalue weighted by Crippen LogP contribution is -2.56. The van der Waals surface area contributed by atoms with Gasteiger partial charge in [-0.2, -0.15) is 0 Å². The second kappa shape index (κ2) is 7.54. The molecule has 0 saturated carbocycles. The molecule has 0 radical (unpaired) electrons. The number of hydrogen-bond donors (Lipinski definition) is 0. The van der Waals surface area contributed by atoms with Crippen molar-refractivity contribution in [2.75, 3.05) is 40.4 Å². The molecule has 0 aromatic heterocycles. The molecule has 3 amide bonds. The Balaban J connectivity index is 1.83. The number of ether oxygens (including phenoxy) is 1. The van der Waals surface area contributed by atoms with Gasteiger partial charge in [0.25, 0.3) is 5.91 Å². The summed E-state index contributed by atoms with van der Waals surface area (Å²) in [7, 11) is 3.72. The van der Waals surface area contributed by atoms with Crippen LogP contribution in [0.25, 0.3) is 0 Å². The van der Waals surface area contributed by atoms with E-state index in [4.69, 9.17) is 4.74 Å². The summed E-state index contributed by atoms with van der Waals surface area (Å²) in [4.78, 5) is 31.8. The molecule has 3 rings (SSSR count). The number of imide groups is 1. The molecule has 25 heavy (non-hydrogen) atoms. The lowest BCUT2D eigenvalue weighted by molar-refractivity contribution is -0.135. The van der Waals surface area contributed by atoms with Crippen LogP contribution in [0.4, 0.5) is 4.79 Å². The number of nitrogens with zero attached hydrogens (tertiary/aromatic N) is 3. The fraction of sp³-hybridized carbons (Fsp3) is 0.579. The zero-order valence-corrected chi connectivity index (χ0v) is 15.1. The predicted molar refractivity (Wildman–Crippen MR) is 95.0 cm³/mol. The molecule has 6 nitrogen and oxygen atoms in total. The second-order valence-electron chi connectivity index (χ2n) is 6.99. The first-order chi connectivity index (χ1) is 12.1. The average molecular weight is 345 g/mol. The molecule has 1 aromatic carbocycles. The Morgan fingerprint density at radius 3 is 2.44 bits per heavy atom. The van der Waals surface area contributed by atoms with Crippen molar-refractivity contribution in [2.24, 2.45) is 0 Å². The topological polar surface area (TPSA) is 53.1 Å². The summed E-state index contributed by atoms with van der Waals surface area (Å²) in [6.07, 6.45) is 2.14. The minimum atomic E-state index is -0.674. The van der Waals surface area contributed by atoms with Gasteiger partial charge >= 0.3 is 6.03 Å². The summed E-state index contributed by atoms with van der Waals surface area (Å²) in [5.74, 6) is -0.0353. The maximum absolute atomic E-state index is 13.3. The summed E-state index contributed by atoms with van der Waals surface area (Å²) in [6, 6.07) is 9.55. The van der Waals surface area contributed by atoms with Crippen LogP contribution in [0.1, 0.15) is 24.8 Å². The SMILES string of the molecule is COCCCN1C(=O)N(Cc2ccccc2)C(=O)C12CCN(C)CC2. The average Bonchev–Trinajstić information content (AvgIpc) is 2.81. The molecule has 0 atom stereocenters. The normalized spacial score (nSPS) is 20.7. The van der Waals surface area contributed by atoms with Crippen molar-refractivity contribution in [3.63, 3.8) is 0 Å². The fourth-order valence-electron chi connectivity index (χ4n) is 3.84. The standard InChI is InChI=1S/C19H27N3O3/c1-20-12-9-19(10-13-20)17(23)21(15-16-7-4-3-5-8-16)18(24)22(19)11-6-14-25-2/h3-5,7-8H,6,9-15H2,1-2H3. The van der Waals surface area contributed by atoms with Crippen molar-refractivity contribution in [1.82, 2.24) is 14.7 Å². The van der Waals surface area contributed by atoms with Gasteiger partial charge in [-0.05, 0) is 31.9 Å². The molecule has 0 N–H and O–H groups in total. The molecule has 0 bridgehead atoms. The van der Waals surface area contributed by atoms with Crippen molar-refractivity contribution in [3.05, 3.63) is 35.9 Å². The summed E-state index contributed by atoms with van der Waals surface area (Å²) < 4.78 is 5.13. The van der Waals surface area contributed by atoms with Gasteiger partial charge in [-0.1, -0.05) is 30.3 Å². The molecular weight excluding hydrogens is 318 g/mol. The summed E-state index contributed by atoms with van der Waals surface area (Å²) in [5, 5.41) is 0. The summed E-state index contributed by atoms with van der Waals surface area (Å²) in [5.41, 5.74) is 0.303. The van der Waals surface area contributed by atoms with Crippen LogP contribution in [0.5, 0.6) is 0 Å². The molecule has 1 aromatic rings. The van der Waals surface area contributed by atoms with Crippen molar-refractivity contribution in [2.45, 2.75) is 31.3 Å². The number of amides is 3. The third-order valence-corrected chi connectivity index (χ3v) is 5.35. The number of benzene rings is 1. The number of piperidine rings is 1. The molecular formula is C19H27N3O3. The van der Waals surface area contributed by atoms with Crippen molar-refractivity contribution in [3.8, 4) is 0 Å². The maximum atomic E-state index is 13.3. The van der Waals surface area contributed by atoms with Crippen molar-refractivity contribution in [1.29, 1.82) is 0 Å². The van der Waals surface area contributed by atoms with Gasteiger partial charge in [0.15, 0.2) is 0 Å². The van der Waals surface area contributed by atoms with E-state index in [1.165, 1.54) is 4.90 Å². The van der Waals surface area contributed by atoms with Crippen molar-refractivity contribution < 1.29 is 14.3 Å². The third-order valence-electron chi connectivity index (χ3n) is 5.35. The first-order valence-corrected chi connectivity index (χ1v) is 8.93. The maximum Gasteiger partial charge on any atom is 0.327 e. The van der Waals surface area contributed by atoms with E-state index in [-0.39, 0.29) is 11.9 Å². The van der Waals surface area contributed by atoms with E-state index in [0.717, 1.165) is 25.1 Å². The number of methoxy groups -OCH3 is 1. The lowest BCUT2D eigenvalue weighted by Gasteiger charge is -2.41. The van der Waals surface area contributed by atoms with Gasteiger partial charge in [0.2, 0.25) is 0 Å². The van der Waals surface area contributed by atoms with Gasteiger partial charge < -0.3 is 14.5 Å². The highest BCUT2D eigenvalue weighted by molar-refractivity contribution is 6.07. The predicted octanol–water partition coefficient (Wildman–Crippen LogP) is 1.95. The van der Waals surface area contributed by atoms with Crippen LogP contribution in [-0.2, 0) is 16.1 Å². The first kappa shape index (κ1) is 17.9. The highest BCUT2D eigenvalue weighted by Crippen LogP contribution is 2.37. The Labute approximate surface area is 149 Å². The zero-order valence-electron chi connectivity index (χ0n) is 15.1. The number of likely N-dealkylation sites (tertiary alicyclic amines) is 1. The van der Waals surface area contributed by atoms with Crippen LogP contribution in [0.2, 0.25) is 0 Å². The molecule has 136 valence electrons. The third kappa shape index (κ3) is 3.41. The van der Waals surface area contributed by atoms with Crippen LogP contribution in [-0.4, -0.2) is 72.6 Å². The molecule has 2 aliphatic heterocycles. The Kier molecular flexibility index (Phi) is 5.39. The molecule has 2 saturated heterocycles. The zero-order chi connectivity index (χ0) is 17.9. The smallest absolute Gasteiger partial charge is 0.327 e.